The van der Waals surface area contributed by atoms with E-state index in [2.05, 4.69) is 6.58 Å². The highest BCUT2D eigenvalue weighted by atomic mass is 16.6. The van der Waals surface area contributed by atoms with E-state index in [0.717, 1.165) is 19.3 Å². The van der Waals surface area contributed by atoms with E-state index in [9.17, 15) is 9.59 Å². The molecule has 24 heavy (non-hydrogen) atoms. The molecule has 5 heteroatoms. The van der Waals surface area contributed by atoms with Crippen LogP contribution in [0.1, 0.15) is 46.0 Å². The molecule has 4 fully saturated rings. The van der Waals surface area contributed by atoms with Crippen molar-refractivity contribution in [3.05, 3.63) is 12.7 Å². The quantitative estimate of drug-likeness (QED) is 0.439. The van der Waals surface area contributed by atoms with E-state index < -0.39 is 28.6 Å². The van der Waals surface area contributed by atoms with Crippen LogP contribution >= 0.6 is 0 Å². The summed E-state index contributed by atoms with van der Waals surface area (Å²) in [4.78, 5) is 26.1. The highest BCUT2D eigenvalue weighted by Crippen LogP contribution is 2.77. The minimum atomic E-state index is -1.26. The van der Waals surface area contributed by atoms with Crippen LogP contribution < -0.4 is 0 Å². The average molecular weight is 334 g/mol. The van der Waals surface area contributed by atoms with Gasteiger partial charge in [0.25, 0.3) is 0 Å². The topological polar surface area (TPSA) is 61.8 Å². The van der Waals surface area contributed by atoms with Crippen molar-refractivity contribution in [2.24, 2.45) is 23.2 Å². The van der Waals surface area contributed by atoms with Gasteiger partial charge in [-0.1, -0.05) is 12.5 Å². The second-order valence-corrected chi connectivity index (χ2v) is 7.85. The number of hydrogen-bond donors (Lipinski definition) is 0. The molecule has 5 nitrogen and oxygen atoms in total. The second-order valence-electron chi connectivity index (χ2n) is 7.85. The molecular weight excluding hydrogens is 308 g/mol. The fourth-order valence-electron chi connectivity index (χ4n) is 6.33. The number of esters is 2. The van der Waals surface area contributed by atoms with Crippen LogP contribution in [-0.4, -0.2) is 36.4 Å². The molecule has 0 aromatic heterocycles. The average Bonchev–Trinajstić information content (AvgIpc) is 2.72. The van der Waals surface area contributed by atoms with E-state index in [-0.39, 0.29) is 24.4 Å². The fraction of sp³-hybridized carbons (Fsp3) is 0.789. The Balaban J connectivity index is 1.85. The van der Waals surface area contributed by atoms with Crippen molar-refractivity contribution in [1.82, 2.24) is 0 Å². The van der Waals surface area contributed by atoms with Crippen molar-refractivity contribution in [2.75, 3.05) is 13.2 Å². The van der Waals surface area contributed by atoms with Gasteiger partial charge in [-0.2, -0.15) is 0 Å². The van der Waals surface area contributed by atoms with Gasteiger partial charge in [0.15, 0.2) is 0 Å². The summed E-state index contributed by atoms with van der Waals surface area (Å²) in [7, 11) is 0. The summed E-state index contributed by atoms with van der Waals surface area (Å²) in [5.41, 5.74) is -2.92. The molecular formula is C19H26O5. The Morgan fingerprint density at radius 3 is 2.96 bits per heavy atom. The summed E-state index contributed by atoms with van der Waals surface area (Å²) in [6, 6.07) is 0. The van der Waals surface area contributed by atoms with E-state index >= 15 is 0 Å². The van der Waals surface area contributed by atoms with Gasteiger partial charge in [-0.15, -0.1) is 6.58 Å². The zero-order valence-corrected chi connectivity index (χ0v) is 14.5. The molecule has 0 radical (unpaired) electrons. The first-order valence-corrected chi connectivity index (χ1v) is 9.15. The second kappa shape index (κ2) is 5.07. The third-order valence-corrected chi connectivity index (χ3v) is 7.01. The van der Waals surface area contributed by atoms with Gasteiger partial charge in [0, 0.05) is 0 Å². The molecule has 0 amide bonds. The summed E-state index contributed by atoms with van der Waals surface area (Å²) in [5, 5.41) is 0. The molecule has 5 unspecified atom stereocenters. The van der Waals surface area contributed by atoms with Crippen molar-refractivity contribution < 1.29 is 23.8 Å². The SMILES string of the molecule is C=CCC[C@@]1(C)OC(=O)C2(C(=O)OCC)C3C4CCCC3C21OC4. The van der Waals surface area contributed by atoms with Crippen molar-refractivity contribution in [3.63, 3.8) is 0 Å². The van der Waals surface area contributed by atoms with Gasteiger partial charge in [-0.05, 0) is 57.3 Å². The van der Waals surface area contributed by atoms with E-state index in [1.54, 1.807) is 6.92 Å². The predicted molar refractivity (Wildman–Crippen MR) is 86.0 cm³/mol. The van der Waals surface area contributed by atoms with Gasteiger partial charge in [-0.25, -0.2) is 0 Å². The van der Waals surface area contributed by atoms with Crippen molar-refractivity contribution in [1.29, 1.82) is 0 Å². The van der Waals surface area contributed by atoms with Crippen LogP contribution in [0.4, 0.5) is 0 Å². The molecule has 2 aliphatic carbocycles. The zero-order valence-electron chi connectivity index (χ0n) is 14.5. The molecule has 4 rings (SSSR count). The summed E-state index contributed by atoms with van der Waals surface area (Å²) in [6.07, 6.45) is 6.29. The number of cyclic esters (lactones) is 1. The van der Waals surface area contributed by atoms with Crippen LogP contribution in [0.5, 0.6) is 0 Å². The Hall–Kier alpha value is -1.36. The molecule has 0 aromatic carbocycles. The van der Waals surface area contributed by atoms with E-state index in [1.807, 2.05) is 13.0 Å². The maximum absolute atomic E-state index is 13.1. The van der Waals surface area contributed by atoms with Crippen LogP contribution in [0.25, 0.3) is 0 Å². The normalized spacial score (nSPS) is 48.1. The van der Waals surface area contributed by atoms with Gasteiger partial charge in [-0.3, -0.25) is 9.59 Å². The van der Waals surface area contributed by atoms with E-state index in [0.29, 0.717) is 19.4 Å². The first-order valence-electron chi connectivity index (χ1n) is 9.15. The molecule has 0 N–H and O–H groups in total. The van der Waals surface area contributed by atoms with Gasteiger partial charge < -0.3 is 14.2 Å². The van der Waals surface area contributed by atoms with Gasteiger partial charge in [0.2, 0.25) is 5.41 Å². The van der Waals surface area contributed by atoms with Crippen molar-refractivity contribution >= 4 is 11.9 Å². The highest BCUT2D eigenvalue weighted by molar-refractivity contribution is 6.06. The summed E-state index contributed by atoms with van der Waals surface area (Å²) in [6.45, 7) is 8.36. The molecule has 4 aliphatic rings. The molecule has 1 spiro atoms. The molecule has 2 saturated carbocycles. The third-order valence-electron chi connectivity index (χ3n) is 7.01. The maximum atomic E-state index is 13.1. The van der Waals surface area contributed by atoms with Crippen molar-refractivity contribution in [2.45, 2.75) is 57.2 Å². The minimum absolute atomic E-state index is 0.0112. The van der Waals surface area contributed by atoms with Crippen LogP contribution in [-0.2, 0) is 23.8 Å². The largest absolute Gasteiger partial charge is 0.465 e. The highest BCUT2D eigenvalue weighted by Gasteiger charge is 2.93. The Kier molecular flexibility index (Phi) is 3.41. The number of rotatable bonds is 5. The minimum Gasteiger partial charge on any atom is -0.465 e. The van der Waals surface area contributed by atoms with Gasteiger partial charge >= 0.3 is 11.9 Å². The van der Waals surface area contributed by atoms with Gasteiger partial charge in [0.1, 0.15) is 11.2 Å². The zero-order chi connectivity index (χ0) is 17.2. The van der Waals surface area contributed by atoms with E-state index in [1.165, 1.54) is 0 Å². The predicted octanol–water partition coefficient (Wildman–Crippen LogP) is 2.63. The molecule has 2 saturated heterocycles. The van der Waals surface area contributed by atoms with Crippen molar-refractivity contribution in [3.8, 4) is 0 Å². The molecule has 2 heterocycles. The van der Waals surface area contributed by atoms with Crippen LogP contribution in [0, 0.1) is 23.2 Å². The molecule has 0 aromatic rings. The molecule has 132 valence electrons. The Morgan fingerprint density at radius 2 is 2.25 bits per heavy atom. The Labute approximate surface area is 142 Å². The monoisotopic (exact) mass is 334 g/mol. The molecule has 6 atom stereocenters. The number of allylic oxidation sites excluding steroid dienone is 1. The third kappa shape index (κ3) is 1.47. The summed E-state index contributed by atoms with van der Waals surface area (Å²) in [5.74, 6) is -0.400. The number of carbonyl (C=O) groups excluding carboxylic acids is 2. The lowest BCUT2D eigenvalue weighted by molar-refractivity contribution is -0.355. The Morgan fingerprint density at radius 1 is 1.46 bits per heavy atom. The first-order chi connectivity index (χ1) is 11.5. The maximum Gasteiger partial charge on any atom is 0.327 e. The lowest BCUT2D eigenvalue weighted by Crippen LogP contribution is -2.84. The summed E-state index contributed by atoms with van der Waals surface area (Å²) < 4.78 is 17.7. The van der Waals surface area contributed by atoms with Gasteiger partial charge in [0.05, 0.1) is 13.2 Å². The number of ether oxygens (including phenoxy) is 3. The standard InChI is InChI=1S/C19H26O5/c1-4-6-10-17(3)19-13-9-7-8-12(11-23-19)14(13)18(19,16(21)24-17)15(20)22-5-2/h4,12-14H,1,5-11H2,2-3H3/t12?,13?,14?,17-,18?,19?/m1/s1. The Bertz CT molecular complexity index is 601. The van der Waals surface area contributed by atoms with E-state index in [4.69, 9.17) is 14.2 Å². The first kappa shape index (κ1) is 16.1. The van der Waals surface area contributed by atoms with Crippen LogP contribution in [0.2, 0.25) is 0 Å². The smallest absolute Gasteiger partial charge is 0.327 e. The lowest BCUT2D eigenvalue weighted by atomic mass is 9.34. The van der Waals surface area contributed by atoms with Crippen LogP contribution in [0.15, 0.2) is 12.7 Å². The fourth-order valence-corrected chi connectivity index (χ4v) is 6.33. The number of hydrogen-bond acceptors (Lipinski definition) is 5. The molecule has 2 aliphatic heterocycles. The van der Waals surface area contributed by atoms with Crippen LogP contribution in [0.3, 0.4) is 0 Å². The summed E-state index contributed by atoms with van der Waals surface area (Å²) >= 11 is 0. The molecule has 4 bridgehead atoms. The lowest BCUT2D eigenvalue weighted by Gasteiger charge is -2.71. The number of carbonyl (C=O) groups is 2.